The van der Waals surface area contributed by atoms with Gasteiger partial charge in [-0.2, -0.15) is 0 Å². The summed E-state index contributed by atoms with van der Waals surface area (Å²) >= 11 is 0. The third-order valence-corrected chi connectivity index (χ3v) is 1.51. The summed E-state index contributed by atoms with van der Waals surface area (Å²) in [6.07, 6.45) is 1.43. The molecular weight excluding hydrogens is 164 g/mol. The van der Waals surface area contributed by atoms with Crippen LogP contribution in [0.3, 0.4) is 0 Å². The molecule has 0 fully saturated rings. The number of aliphatic imine (C=N–C) groups is 1. The van der Waals surface area contributed by atoms with Gasteiger partial charge in [0.15, 0.2) is 0 Å². The lowest BCUT2D eigenvalue weighted by atomic mass is 10.0. The minimum atomic E-state index is 0.0143. The van der Waals surface area contributed by atoms with E-state index < -0.39 is 0 Å². The molecule has 70 valence electrons. The van der Waals surface area contributed by atoms with E-state index in [1.54, 1.807) is 0 Å². The number of ether oxygens (including phenoxy) is 1. The number of allylic oxidation sites excluding steroid dienone is 1. The zero-order valence-corrected chi connectivity index (χ0v) is 8.05. The van der Waals surface area contributed by atoms with Crippen molar-refractivity contribution in [3.8, 4) is 0 Å². The Morgan fingerprint density at radius 2 is 2.00 bits per heavy atom. The maximum absolute atomic E-state index is 7.44. The van der Waals surface area contributed by atoms with Crippen LogP contribution in [-0.2, 0) is 4.74 Å². The van der Waals surface area contributed by atoms with E-state index in [-0.39, 0.29) is 5.90 Å². The van der Waals surface area contributed by atoms with Crippen LogP contribution in [0.15, 0.2) is 41.1 Å². The second-order valence-corrected chi connectivity index (χ2v) is 2.52. The molecule has 3 nitrogen and oxygen atoms in total. The monoisotopic (exact) mass is 178 g/mol. The van der Waals surface area contributed by atoms with E-state index in [1.807, 2.05) is 6.92 Å². The van der Waals surface area contributed by atoms with Crippen LogP contribution in [0.5, 0.6) is 0 Å². The Kier molecular flexibility index (Phi) is 4.44. The van der Waals surface area contributed by atoms with Gasteiger partial charge in [0.25, 0.3) is 0 Å². The summed E-state index contributed by atoms with van der Waals surface area (Å²) in [4.78, 5) is 3.57. The molecule has 13 heavy (non-hydrogen) atoms. The first kappa shape index (κ1) is 11.4. The number of hydrogen-bond acceptors (Lipinski definition) is 3. The molecule has 0 atom stereocenters. The molecule has 0 radical (unpaired) electrons. The number of nitrogens with zero attached hydrogens (tertiary/aromatic N) is 1. The van der Waals surface area contributed by atoms with Crippen molar-refractivity contribution in [1.82, 2.24) is 0 Å². The van der Waals surface area contributed by atoms with Crippen molar-refractivity contribution in [1.29, 1.82) is 5.41 Å². The molecule has 0 amide bonds. The highest BCUT2D eigenvalue weighted by molar-refractivity contribution is 5.96. The van der Waals surface area contributed by atoms with Gasteiger partial charge in [-0.1, -0.05) is 18.7 Å². The maximum Gasteiger partial charge on any atom is 0.215 e. The molecule has 0 bridgehead atoms. The minimum absolute atomic E-state index is 0.0143. The Hall–Kier alpha value is -1.64. The number of nitrogens with one attached hydrogen (secondary N) is 1. The van der Waals surface area contributed by atoms with Gasteiger partial charge in [-0.05, 0) is 19.2 Å². The van der Waals surface area contributed by atoms with Crippen molar-refractivity contribution in [2.24, 2.45) is 4.99 Å². The Morgan fingerprint density at radius 1 is 1.46 bits per heavy atom. The standard InChI is InChI=1S/C10H14N2O/c1-7(2)8(3)9(6-12-4)10(11)13-5/h6,11H,1,3-4H2,2,5H3/b9-6+,11-10?. The molecule has 0 aromatic carbocycles. The van der Waals surface area contributed by atoms with Gasteiger partial charge in [-0.25, -0.2) is 0 Å². The first-order valence-electron chi connectivity index (χ1n) is 3.68. The lowest BCUT2D eigenvalue weighted by Crippen LogP contribution is -2.06. The molecule has 0 aliphatic rings. The van der Waals surface area contributed by atoms with Gasteiger partial charge < -0.3 is 4.74 Å². The highest BCUT2D eigenvalue weighted by Gasteiger charge is 2.09. The lowest BCUT2D eigenvalue weighted by molar-refractivity contribution is 0.400. The van der Waals surface area contributed by atoms with Gasteiger partial charge >= 0.3 is 0 Å². The summed E-state index contributed by atoms with van der Waals surface area (Å²) < 4.78 is 4.76. The van der Waals surface area contributed by atoms with Gasteiger partial charge in [-0.15, -0.1) is 0 Å². The summed E-state index contributed by atoms with van der Waals surface area (Å²) in [5.74, 6) is 0.0143. The molecule has 0 saturated heterocycles. The fourth-order valence-electron chi connectivity index (χ4n) is 0.705. The van der Waals surface area contributed by atoms with Crippen LogP contribution in [0.25, 0.3) is 0 Å². The van der Waals surface area contributed by atoms with E-state index in [0.29, 0.717) is 11.1 Å². The van der Waals surface area contributed by atoms with Crippen LogP contribution >= 0.6 is 0 Å². The van der Waals surface area contributed by atoms with Gasteiger partial charge in [0.05, 0.1) is 12.7 Å². The first-order valence-corrected chi connectivity index (χ1v) is 3.68. The molecule has 1 N–H and O–H groups in total. The van der Waals surface area contributed by atoms with Crippen LogP contribution in [0.2, 0.25) is 0 Å². The summed E-state index contributed by atoms with van der Waals surface area (Å²) in [5, 5.41) is 7.44. The molecule has 0 aliphatic heterocycles. The van der Waals surface area contributed by atoms with Gasteiger partial charge in [-0.3, -0.25) is 10.4 Å². The second kappa shape index (κ2) is 5.09. The van der Waals surface area contributed by atoms with Crippen molar-refractivity contribution in [3.63, 3.8) is 0 Å². The van der Waals surface area contributed by atoms with Crippen molar-refractivity contribution in [2.75, 3.05) is 7.11 Å². The number of methoxy groups -OCH3 is 1. The second-order valence-electron chi connectivity index (χ2n) is 2.52. The van der Waals surface area contributed by atoms with E-state index >= 15 is 0 Å². The van der Waals surface area contributed by atoms with Gasteiger partial charge in [0, 0.05) is 6.20 Å². The highest BCUT2D eigenvalue weighted by atomic mass is 16.5. The van der Waals surface area contributed by atoms with E-state index in [2.05, 4.69) is 24.9 Å². The SMILES string of the molecule is C=N/C=C(\C(=C)C(=C)C)C(=N)OC. The average molecular weight is 178 g/mol. The van der Waals surface area contributed by atoms with E-state index in [0.717, 1.165) is 5.57 Å². The zero-order valence-electron chi connectivity index (χ0n) is 8.05. The minimum Gasteiger partial charge on any atom is -0.481 e. The Balaban J connectivity index is 4.93. The highest BCUT2D eigenvalue weighted by Crippen LogP contribution is 2.16. The average Bonchev–Trinajstić information content (AvgIpc) is 2.11. The molecule has 0 unspecified atom stereocenters. The number of hydrogen-bond donors (Lipinski definition) is 1. The fraction of sp³-hybridized carbons (Fsp3) is 0.200. The van der Waals surface area contributed by atoms with Crippen LogP contribution in [-0.4, -0.2) is 19.7 Å². The Morgan fingerprint density at radius 3 is 2.31 bits per heavy atom. The Bertz CT molecular complexity index is 287. The predicted octanol–water partition coefficient (Wildman–Crippen LogP) is 2.33. The summed E-state index contributed by atoms with van der Waals surface area (Å²) in [7, 11) is 1.42. The largest absolute Gasteiger partial charge is 0.481 e. The van der Waals surface area contributed by atoms with Gasteiger partial charge in [0.2, 0.25) is 5.90 Å². The topological polar surface area (TPSA) is 45.4 Å². The lowest BCUT2D eigenvalue weighted by Gasteiger charge is -2.09. The number of rotatable bonds is 4. The van der Waals surface area contributed by atoms with E-state index in [1.165, 1.54) is 13.3 Å². The quantitative estimate of drug-likeness (QED) is 0.401. The molecule has 0 heterocycles. The van der Waals surface area contributed by atoms with E-state index in [4.69, 9.17) is 10.1 Å². The molecule has 0 aromatic heterocycles. The third-order valence-electron chi connectivity index (χ3n) is 1.51. The van der Waals surface area contributed by atoms with E-state index in [9.17, 15) is 0 Å². The van der Waals surface area contributed by atoms with Crippen LogP contribution in [0, 0.1) is 5.41 Å². The maximum atomic E-state index is 7.44. The van der Waals surface area contributed by atoms with Gasteiger partial charge in [0.1, 0.15) is 0 Å². The smallest absolute Gasteiger partial charge is 0.215 e. The summed E-state index contributed by atoms with van der Waals surface area (Å²) in [6, 6.07) is 0. The molecule has 0 aromatic rings. The summed E-state index contributed by atoms with van der Waals surface area (Å²) in [6.45, 7) is 12.6. The first-order chi connectivity index (χ1) is 6.04. The molecule has 3 heteroatoms. The third kappa shape index (κ3) is 3.07. The van der Waals surface area contributed by atoms with Crippen molar-refractivity contribution in [2.45, 2.75) is 6.92 Å². The molecule has 0 saturated carbocycles. The predicted molar refractivity (Wildman–Crippen MR) is 56.3 cm³/mol. The van der Waals surface area contributed by atoms with Crippen LogP contribution < -0.4 is 0 Å². The van der Waals surface area contributed by atoms with Crippen molar-refractivity contribution >= 4 is 12.6 Å². The van der Waals surface area contributed by atoms with Crippen LogP contribution in [0.1, 0.15) is 6.92 Å². The molecule has 0 spiro atoms. The molecule has 0 aliphatic carbocycles. The Labute approximate surface area is 78.6 Å². The van der Waals surface area contributed by atoms with Crippen LogP contribution in [0.4, 0.5) is 0 Å². The van der Waals surface area contributed by atoms with Crippen molar-refractivity contribution < 1.29 is 4.74 Å². The normalized spacial score (nSPS) is 10.5. The summed E-state index contributed by atoms with van der Waals surface area (Å²) in [5.41, 5.74) is 1.92. The fourth-order valence-corrected chi connectivity index (χ4v) is 0.705. The molecule has 0 rings (SSSR count). The zero-order chi connectivity index (χ0) is 10.4. The molecular formula is C10H14N2O. The van der Waals surface area contributed by atoms with Crippen molar-refractivity contribution in [3.05, 3.63) is 36.1 Å².